The van der Waals surface area contributed by atoms with Gasteiger partial charge in [-0.15, -0.1) is 0 Å². The molecule has 1 heterocycles. The summed E-state index contributed by atoms with van der Waals surface area (Å²) in [5, 5.41) is 5.56. The van der Waals surface area contributed by atoms with Gasteiger partial charge in [0.05, 0.1) is 6.04 Å². The molecule has 2 amide bonds. The van der Waals surface area contributed by atoms with Crippen LogP contribution in [0.2, 0.25) is 0 Å². The molecule has 0 saturated carbocycles. The van der Waals surface area contributed by atoms with Crippen molar-refractivity contribution in [2.45, 2.75) is 6.04 Å². The van der Waals surface area contributed by atoms with Crippen LogP contribution in [0.4, 0.5) is 4.79 Å². The quantitative estimate of drug-likeness (QED) is 0.820. The van der Waals surface area contributed by atoms with Crippen molar-refractivity contribution in [3.05, 3.63) is 32.7 Å². The summed E-state index contributed by atoms with van der Waals surface area (Å²) in [4.78, 5) is 10.9. The molecule has 0 spiro atoms. The Kier molecular flexibility index (Phi) is 2.78. The fraction of sp³-hybridized carbons (Fsp3) is 0.222. The number of halogens is 2. The maximum atomic E-state index is 10.9. The van der Waals surface area contributed by atoms with Crippen LogP contribution in [0.3, 0.4) is 0 Å². The Bertz CT molecular complexity index is 381. The molecule has 0 unspecified atom stereocenters. The zero-order chi connectivity index (χ0) is 10.1. The molecule has 1 saturated heterocycles. The van der Waals surface area contributed by atoms with E-state index in [4.69, 9.17) is 0 Å². The van der Waals surface area contributed by atoms with E-state index in [0.29, 0.717) is 6.54 Å². The van der Waals surface area contributed by atoms with Crippen LogP contribution in [0.1, 0.15) is 11.6 Å². The van der Waals surface area contributed by atoms with Crippen molar-refractivity contribution in [3.8, 4) is 0 Å². The highest BCUT2D eigenvalue weighted by Crippen LogP contribution is 2.27. The van der Waals surface area contributed by atoms with E-state index in [9.17, 15) is 4.79 Å². The summed E-state index contributed by atoms with van der Waals surface area (Å²) in [6, 6.07) is 5.93. The van der Waals surface area contributed by atoms with E-state index < -0.39 is 0 Å². The van der Waals surface area contributed by atoms with Gasteiger partial charge in [-0.1, -0.05) is 6.07 Å². The summed E-state index contributed by atoms with van der Waals surface area (Å²) in [5.41, 5.74) is 1.10. The van der Waals surface area contributed by atoms with Crippen molar-refractivity contribution in [1.82, 2.24) is 10.6 Å². The lowest BCUT2D eigenvalue weighted by atomic mass is 10.1. The number of hydrogen-bond acceptors (Lipinski definition) is 1. The molecule has 1 aromatic rings. The van der Waals surface area contributed by atoms with Gasteiger partial charge in [0.25, 0.3) is 0 Å². The molecule has 0 aliphatic carbocycles. The molecular formula is C9H8Br2N2O. The van der Waals surface area contributed by atoms with Gasteiger partial charge in [-0.3, -0.25) is 0 Å². The van der Waals surface area contributed by atoms with Crippen LogP contribution in [0.5, 0.6) is 0 Å². The molecule has 0 radical (unpaired) electrons. The number of benzene rings is 1. The first-order chi connectivity index (χ1) is 6.66. The third kappa shape index (κ3) is 1.93. The van der Waals surface area contributed by atoms with Gasteiger partial charge in [0, 0.05) is 15.5 Å². The number of carbonyl (C=O) groups excluding carboxylic acids is 1. The van der Waals surface area contributed by atoms with Crippen molar-refractivity contribution in [1.29, 1.82) is 0 Å². The average molecular weight is 320 g/mol. The lowest BCUT2D eigenvalue weighted by molar-refractivity contribution is 0.247. The fourth-order valence-corrected chi connectivity index (χ4v) is 2.03. The second-order valence-corrected chi connectivity index (χ2v) is 4.79. The van der Waals surface area contributed by atoms with Crippen molar-refractivity contribution in [2.75, 3.05) is 6.54 Å². The van der Waals surface area contributed by atoms with Crippen LogP contribution >= 0.6 is 31.9 Å². The van der Waals surface area contributed by atoms with Crippen LogP contribution in [-0.2, 0) is 0 Å². The van der Waals surface area contributed by atoms with E-state index in [1.165, 1.54) is 0 Å². The Balaban J connectivity index is 2.24. The van der Waals surface area contributed by atoms with Crippen molar-refractivity contribution in [2.24, 2.45) is 0 Å². The predicted octanol–water partition coefficient (Wildman–Crippen LogP) is 2.57. The van der Waals surface area contributed by atoms with Crippen LogP contribution in [0.15, 0.2) is 27.1 Å². The zero-order valence-corrected chi connectivity index (χ0v) is 10.4. The molecule has 74 valence electrons. The lowest BCUT2D eigenvalue weighted by Crippen LogP contribution is -2.21. The first-order valence-corrected chi connectivity index (χ1v) is 5.75. The number of urea groups is 1. The Morgan fingerprint density at radius 1 is 1.29 bits per heavy atom. The second-order valence-electron chi connectivity index (χ2n) is 3.08. The van der Waals surface area contributed by atoms with Crippen LogP contribution in [0, 0.1) is 0 Å². The van der Waals surface area contributed by atoms with Crippen LogP contribution in [-0.4, -0.2) is 12.6 Å². The lowest BCUT2D eigenvalue weighted by Gasteiger charge is -2.09. The third-order valence-corrected chi connectivity index (χ3v) is 4.00. The maximum absolute atomic E-state index is 10.9. The normalized spacial score (nSPS) is 20.4. The molecule has 0 aromatic heterocycles. The van der Waals surface area contributed by atoms with E-state index in [2.05, 4.69) is 42.5 Å². The highest BCUT2D eigenvalue weighted by molar-refractivity contribution is 9.13. The molecule has 14 heavy (non-hydrogen) atoms. The van der Waals surface area contributed by atoms with E-state index in [1.807, 2.05) is 18.2 Å². The van der Waals surface area contributed by atoms with Gasteiger partial charge < -0.3 is 10.6 Å². The number of carbonyl (C=O) groups is 1. The number of nitrogens with one attached hydrogen (secondary N) is 2. The second kappa shape index (κ2) is 3.90. The fourth-order valence-electron chi connectivity index (χ4n) is 1.39. The Labute approximate surface area is 98.5 Å². The van der Waals surface area contributed by atoms with E-state index in [1.54, 1.807) is 0 Å². The first kappa shape index (κ1) is 9.98. The Morgan fingerprint density at radius 2 is 2.07 bits per heavy atom. The summed E-state index contributed by atoms with van der Waals surface area (Å²) >= 11 is 6.83. The topological polar surface area (TPSA) is 41.1 Å². The predicted molar refractivity (Wildman–Crippen MR) is 61.1 cm³/mol. The Morgan fingerprint density at radius 3 is 2.64 bits per heavy atom. The van der Waals surface area contributed by atoms with Crippen LogP contribution in [0.25, 0.3) is 0 Å². The smallest absolute Gasteiger partial charge is 0.315 e. The number of amides is 2. The maximum Gasteiger partial charge on any atom is 0.315 e. The average Bonchev–Trinajstić information content (AvgIpc) is 2.57. The highest BCUT2D eigenvalue weighted by Gasteiger charge is 2.21. The number of hydrogen-bond donors (Lipinski definition) is 2. The molecule has 1 fully saturated rings. The summed E-state index contributed by atoms with van der Waals surface area (Å²) in [7, 11) is 0. The first-order valence-electron chi connectivity index (χ1n) is 4.16. The van der Waals surface area contributed by atoms with Gasteiger partial charge in [-0.2, -0.15) is 0 Å². The summed E-state index contributed by atoms with van der Waals surface area (Å²) in [5.74, 6) is 0. The van der Waals surface area contributed by atoms with Gasteiger partial charge in [-0.25, -0.2) is 4.79 Å². The Hall–Kier alpha value is -0.550. The SMILES string of the molecule is O=C1NC[C@@H](c2ccc(Br)c(Br)c2)N1. The van der Waals surface area contributed by atoms with Gasteiger partial charge in [0.15, 0.2) is 0 Å². The van der Waals surface area contributed by atoms with E-state index in [-0.39, 0.29) is 12.1 Å². The molecular weight excluding hydrogens is 312 g/mol. The van der Waals surface area contributed by atoms with Gasteiger partial charge in [-0.05, 0) is 49.6 Å². The monoisotopic (exact) mass is 318 g/mol. The summed E-state index contributed by atoms with van der Waals surface area (Å²) in [6.07, 6.45) is 0. The van der Waals surface area contributed by atoms with E-state index >= 15 is 0 Å². The van der Waals surface area contributed by atoms with Crippen molar-refractivity contribution in [3.63, 3.8) is 0 Å². The van der Waals surface area contributed by atoms with Gasteiger partial charge in [0.2, 0.25) is 0 Å². The minimum Gasteiger partial charge on any atom is -0.336 e. The molecule has 0 bridgehead atoms. The third-order valence-electron chi connectivity index (χ3n) is 2.12. The highest BCUT2D eigenvalue weighted by atomic mass is 79.9. The minimum atomic E-state index is -0.103. The zero-order valence-electron chi connectivity index (χ0n) is 7.18. The van der Waals surface area contributed by atoms with Gasteiger partial charge in [0.1, 0.15) is 0 Å². The summed E-state index contributed by atoms with van der Waals surface area (Å²) in [6.45, 7) is 0.646. The molecule has 1 aliphatic rings. The summed E-state index contributed by atoms with van der Waals surface area (Å²) < 4.78 is 2.01. The van der Waals surface area contributed by atoms with Crippen LogP contribution < -0.4 is 10.6 Å². The number of rotatable bonds is 1. The molecule has 1 aliphatic heterocycles. The van der Waals surface area contributed by atoms with E-state index in [0.717, 1.165) is 14.5 Å². The molecule has 1 atom stereocenters. The molecule has 1 aromatic carbocycles. The standard InChI is InChI=1S/C9H8Br2N2O/c10-6-2-1-5(3-7(6)11)8-4-12-9(14)13-8/h1-3,8H,4H2,(H2,12,13,14)/t8-/m0/s1. The van der Waals surface area contributed by atoms with Crippen molar-refractivity contribution < 1.29 is 4.79 Å². The minimum absolute atomic E-state index is 0.0758. The van der Waals surface area contributed by atoms with Gasteiger partial charge >= 0.3 is 6.03 Å². The molecule has 2 N–H and O–H groups in total. The largest absolute Gasteiger partial charge is 0.336 e. The molecule has 2 rings (SSSR count). The molecule has 3 nitrogen and oxygen atoms in total. The molecule has 5 heteroatoms. The van der Waals surface area contributed by atoms with Crippen molar-refractivity contribution >= 4 is 37.9 Å².